The second-order valence-electron chi connectivity index (χ2n) is 3.97. The molecule has 0 saturated carbocycles. The highest BCUT2D eigenvalue weighted by Crippen LogP contribution is 2.26. The summed E-state index contributed by atoms with van der Waals surface area (Å²) < 4.78 is 6.73. The molecule has 0 bridgehead atoms. The second-order valence-corrected chi connectivity index (χ2v) is 5.15. The van der Waals surface area contributed by atoms with Gasteiger partial charge >= 0.3 is 0 Å². The van der Waals surface area contributed by atoms with Crippen LogP contribution in [0, 0.1) is 0 Å². The van der Waals surface area contributed by atoms with Crippen molar-refractivity contribution >= 4 is 27.5 Å². The van der Waals surface area contributed by atoms with Gasteiger partial charge in [-0.15, -0.1) is 11.6 Å². The number of alkyl halides is 1. The monoisotopic (exact) mass is 291 g/mol. The molecule has 4 heteroatoms. The summed E-state index contributed by atoms with van der Waals surface area (Å²) in [5.41, 5.74) is 0.703. The minimum Gasteiger partial charge on any atom is -0.471 e. The average Bonchev–Trinajstić information content (AvgIpc) is 2.20. The summed E-state index contributed by atoms with van der Waals surface area (Å²) in [7, 11) is 0. The van der Waals surface area contributed by atoms with Crippen LogP contribution in [-0.2, 0) is 5.88 Å². The summed E-state index contributed by atoms with van der Waals surface area (Å²) >= 11 is 9.19. The lowest BCUT2D eigenvalue weighted by atomic mass is 10.1. The Kier molecular flexibility index (Phi) is 4.41. The van der Waals surface area contributed by atoms with Crippen molar-refractivity contribution in [1.29, 1.82) is 0 Å². The molecule has 0 radical (unpaired) electrons. The third kappa shape index (κ3) is 3.65. The van der Waals surface area contributed by atoms with Crippen LogP contribution in [0.3, 0.4) is 0 Å². The van der Waals surface area contributed by atoms with Gasteiger partial charge in [0.15, 0.2) is 0 Å². The van der Waals surface area contributed by atoms with E-state index < -0.39 is 0 Å². The van der Waals surface area contributed by atoms with Crippen molar-refractivity contribution < 1.29 is 4.74 Å². The van der Waals surface area contributed by atoms with Gasteiger partial charge in [-0.25, -0.2) is 4.98 Å². The van der Waals surface area contributed by atoms with Gasteiger partial charge < -0.3 is 4.74 Å². The summed E-state index contributed by atoms with van der Waals surface area (Å²) in [6, 6.07) is 1.93. The summed E-state index contributed by atoms with van der Waals surface area (Å²) in [5.74, 6) is 1.03. The van der Waals surface area contributed by atoms with Gasteiger partial charge in [0, 0.05) is 16.2 Å². The van der Waals surface area contributed by atoms with Crippen molar-refractivity contribution in [2.24, 2.45) is 0 Å². The number of rotatable bonds is 4. The molecule has 0 aliphatic heterocycles. The molecule has 0 atom stereocenters. The summed E-state index contributed by atoms with van der Waals surface area (Å²) in [4.78, 5) is 4.23. The van der Waals surface area contributed by atoms with Crippen LogP contribution in [-0.4, -0.2) is 10.6 Å². The van der Waals surface area contributed by atoms with Crippen molar-refractivity contribution in [2.45, 2.75) is 38.7 Å². The molecule has 0 spiro atoms. The van der Waals surface area contributed by atoms with Crippen LogP contribution in [0.1, 0.15) is 32.8 Å². The Balaban J connectivity index is 2.94. The minimum absolute atomic E-state index is 0.207. The lowest BCUT2D eigenvalue weighted by molar-refractivity contribution is 0.0978. The number of halogens is 2. The zero-order valence-electron chi connectivity index (χ0n) is 9.18. The molecule has 0 aromatic carbocycles. The number of hydrogen-bond donors (Lipinski definition) is 0. The second kappa shape index (κ2) is 5.17. The first-order chi connectivity index (χ1) is 6.98. The molecule has 0 saturated heterocycles. The van der Waals surface area contributed by atoms with Crippen LogP contribution in [0.4, 0.5) is 0 Å². The molecule has 1 aromatic rings. The van der Waals surface area contributed by atoms with Gasteiger partial charge in [0.05, 0.1) is 5.88 Å². The van der Waals surface area contributed by atoms with E-state index in [1.807, 2.05) is 19.9 Å². The highest BCUT2D eigenvalue weighted by molar-refractivity contribution is 9.10. The van der Waals surface area contributed by atoms with E-state index in [0.29, 0.717) is 11.8 Å². The van der Waals surface area contributed by atoms with Gasteiger partial charge in [-0.05, 0) is 42.3 Å². The molecule has 84 valence electrons. The molecule has 1 aromatic heterocycles. The van der Waals surface area contributed by atoms with E-state index in [1.165, 1.54) is 0 Å². The first-order valence-electron chi connectivity index (χ1n) is 4.88. The predicted octanol–water partition coefficient (Wildman–Crippen LogP) is 4.15. The SMILES string of the molecule is CCC(C)(C)Oc1ncc(Br)cc1CCl. The van der Waals surface area contributed by atoms with Crippen LogP contribution in [0.2, 0.25) is 0 Å². The van der Waals surface area contributed by atoms with Gasteiger partial charge in [0.1, 0.15) is 5.60 Å². The Morgan fingerprint density at radius 3 is 2.73 bits per heavy atom. The molecular weight excluding hydrogens is 277 g/mol. The van der Waals surface area contributed by atoms with Gasteiger partial charge in [0.2, 0.25) is 5.88 Å². The Morgan fingerprint density at radius 2 is 2.20 bits per heavy atom. The van der Waals surface area contributed by atoms with E-state index in [1.54, 1.807) is 6.20 Å². The molecule has 0 unspecified atom stereocenters. The topological polar surface area (TPSA) is 22.1 Å². The van der Waals surface area contributed by atoms with Gasteiger partial charge in [0.25, 0.3) is 0 Å². The maximum atomic E-state index is 5.84. The van der Waals surface area contributed by atoms with Gasteiger partial charge in [-0.3, -0.25) is 0 Å². The van der Waals surface area contributed by atoms with Crippen molar-refractivity contribution in [3.8, 4) is 5.88 Å². The molecule has 0 aliphatic carbocycles. The zero-order valence-corrected chi connectivity index (χ0v) is 11.5. The predicted molar refractivity (Wildman–Crippen MR) is 66.5 cm³/mol. The minimum atomic E-state index is -0.207. The standard InChI is InChI=1S/C11H15BrClNO/c1-4-11(2,3)15-10-8(6-13)5-9(12)7-14-10/h5,7H,4,6H2,1-3H3. The normalized spacial score (nSPS) is 11.5. The molecule has 0 N–H and O–H groups in total. The summed E-state index contributed by atoms with van der Waals surface area (Å²) in [5, 5.41) is 0. The summed E-state index contributed by atoms with van der Waals surface area (Å²) in [6.07, 6.45) is 2.64. The Morgan fingerprint density at radius 1 is 1.53 bits per heavy atom. The molecular formula is C11H15BrClNO. The maximum absolute atomic E-state index is 5.84. The van der Waals surface area contributed by atoms with E-state index >= 15 is 0 Å². The van der Waals surface area contributed by atoms with Crippen molar-refractivity contribution in [3.05, 3.63) is 22.3 Å². The highest BCUT2D eigenvalue weighted by Gasteiger charge is 2.19. The molecule has 0 aliphatic rings. The Hall–Kier alpha value is -0.280. The maximum Gasteiger partial charge on any atom is 0.218 e. The van der Waals surface area contributed by atoms with E-state index in [2.05, 4.69) is 27.8 Å². The van der Waals surface area contributed by atoms with E-state index in [9.17, 15) is 0 Å². The first kappa shape index (κ1) is 12.8. The number of ether oxygens (including phenoxy) is 1. The first-order valence-corrected chi connectivity index (χ1v) is 6.20. The molecule has 0 amide bonds. The molecule has 1 rings (SSSR count). The quantitative estimate of drug-likeness (QED) is 0.778. The Labute approximate surface area is 104 Å². The van der Waals surface area contributed by atoms with Gasteiger partial charge in [-0.2, -0.15) is 0 Å². The summed E-state index contributed by atoms with van der Waals surface area (Å²) in [6.45, 7) is 6.16. The number of pyridine rings is 1. The number of nitrogens with zero attached hydrogens (tertiary/aromatic N) is 1. The Bertz CT molecular complexity index is 341. The van der Waals surface area contributed by atoms with Crippen molar-refractivity contribution in [3.63, 3.8) is 0 Å². The van der Waals surface area contributed by atoms with Crippen molar-refractivity contribution in [2.75, 3.05) is 0 Å². The lowest BCUT2D eigenvalue weighted by Crippen LogP contribution is -2.27. The van der Waals surface area contributed by atoms with Gasteiger partial charge in [-0.1, -0.05) is 6.92 Å². The van der Waals surface area contributed by atoms with Crippen molar-refractivity contribution in [1.82, 2.24) is 4.98 Å². The largest absolute Gasteiger partial charge is 0.471 e. The van der Waals surface area contributed by atoms with Crippen LogP contribution in [0.25, 0.3) is 0 Å². The van der Waals surface area contributed by atoms with Crippen LogP contribution >= 0.6 is 27.5 Å². The molecule has 1 heterocycles. The van der Waals surface area contributed by atoms with E-state index in [0.717, 1.165) is 16.5 Å². The fourth-order valence-corrected chi connectivity index (χ4v) is 1.56. The molecule has 2 nitrogen and oxygen atoms in total. The lowest BCUT2D eigenvalue weighted by Gasteiger charge is -2.25. The molecule has 15 heavy (non-hydrogen) atoms. The smallest absolute Gasteiger partial charge is 0.218 e. The zero-order chi connectivity index (χ0) is 11.5. The van der Waals surface area contributed by atoms with E-state index in [4.69, 9.17) is 16.3 Å². The molecule has 0 fully saturated rings. The third-order valence-electron chi connectivity index (χ3n) is 2.26. The average molecular weight is 293 g/mol. The van der Waals surface area contributed by atoms with E-state index in [-0.39, 0.29) is 5.60 Å². The third-order valence-corrected chi connectivity index (χ3v) is 2.98. The van der Waals surface area contributed by atoms with Crippen LogP contribution in [0.15, 0.2) is 16.7 Å². The fourth-order valence-electron chi connectivity index (χ4n) is 0.990. The number of aromatic nitrogens is 1. The number of hydrogen-bond acceptors (Lipinski definition) is 2. The van der Waals surface area contributed by atoms with Crippen LogP contribution in [0.5, 0.6) is 5.88 Å². The highest BCUT2D eigenvalue weighted by atomic mass is 79.9. The van der Waals surface area contributed by atoms with Crippen LogP contribution < -0.4 is 4.74 Å². The fraction of sp³-hybridized carbons (Fsp3) is 0.545.